The third-order valence-corrected chi connectivity index (χ3v) is 6.51. The van der Waals surface area contributed by atoms with Crippen LogP contribution in [0.3, 0.4) is 0 Å². The van der Waals surface area contributed by atoms with Crippen molar-refractivity contribution >= 4 is 33.7 Å². The summed E-state index contributed by atoms with van der Waals surface area (Å²) in [5.41, 5.74) is 4.20. The molecule has 3 aromatic rings. The molecule has 0 aliphatic rings. The quantitative estimate of drug-likeness (QED) is 0.336. The zero-order chi connectivity index (χ0) is 24.0. The molecule has 7 nitrogen and oxygen atoms in total. The number of rotatable bonds is 9. The summed E-state index contributed by atoms with van der Waals surface area (Å²) in [6.45, 7) is 5.68. The first-order valence-corrected chi connectivity index (χ1v) is 12.3. The maximum Gasteiger partial charge on any atom is 0.258 e. The van der Waals surface area contributed by atoms with Crippen LogP contribution in [0.25, 0.3) is 11.3 Å². The summed E-state index contributed by atoms with van der Waals surface area (Å²) in [7, 11) is -3.87. The average Bonchev–Trinajstić information content (AvgIpc) is 3.22. The van der Waals surface area contributed by atoms with Crippen molar-refractivity contribution in [1.29, 1.82) is 0 Å². The SMILES string of the molecule is Cc1ccc(S(=O)(=O)N[C@H](CC(C)C)C(=O)N/N=C\c2ccc(-c3ccc(Cl)cc3)o2)cc1. The van der Waals surface area contributed by atoms with Gasteiger partial charge < -0.3 is 4.42 Å². The van der Waals surface area contributed by atoms with Crippen LogP contribution in [-0.2, 0) is 14.8 Å². The molecule has 0 spiro atoms. The number of halogens is 1. The molecule has 1 amide bonds. The third-order valence-electron chi connectivity index (χ3n) is 4.77. The number of carbonyl (C=O) groups excluding carboxylic acids is 1. The number of furan rings is 1. The lowest BCUT2D eigenvalue weighted by molar-refractivity contribution is -0.123. The first-order chi connectivity index (χ1) is 15.6. The van der Waals surface area contributed by atoms with Gasteiger partial charge in [0.2, 0.25) is 10.0 Å². The summed E-state index contributed by atoms with van der Waals surface area (Å²) in [4.78, 5) is 12.8. The molecule has 0 saturated heterocycles. The second kappa shape index (κ2) is 10.8. The normalized spacial score (nSPS) is 12.9. The number of aryl methyl sites for hydroxylation is 1. The first-order valence-electron chi connectivity index (χ1n) is 10.4. The Morgan fingerprint density at radius 3 is 2.36 bits per heavy atom. The van der Waals surface area contributed by atoms with Gasteiger partial charge in [0.25, 0.3) is 5.91 Å². The second-order valence-electron chi connectivity index (χ2n) is 8.06. The molecule has 0 aliphatic heterocycles. The minimum atomic E-state index is -3.87. The molecular weight excluding hydrogens is 462 g/mol. The fraction of sp³-hybridized carbons (Fsp3) is 0.250. The number of hydrazone groups is 1. The summed E-state index contributed by atoms with van der Waals surface area (Å²) in [6, 6.07) is 16.1. The molecule has 0 radical (unpaired) electrons. The van der Waals surface area contributed by atoms with Gasteiger partial charge in [-0.2, -0.15) is 9.82 Å². The minimum absolute atomic E-state index is 0.0810. The molecule has 0 bridgehead atoms. The van der Waals surface area contributed by atoms with Gasteiger partial charge in [-0.05, 0) is 67.8 Å². The maximum atomic E-state index is 12.7. The van der Waals surface area contributed by atoms with Gasteiger partial charge in [0, 0.05) is 10.6 Å². The summed E-state index contributed by atoms with van der Waals surface area (Å²) in [5.74, 6) is 0.585. The molecule has 2 aromatic carbocycles. The van der Waals surface area contributed by atoms with Crippen molar-refractivity contribution in [3.05, 3.63) is 77.0 Å². The van der Waals surface area contributed by atoms with Crippen molar-refractivity contribution in [3.63, 3.8) is 0 Å². The van der Waals surface area contributed by atoms with Crippen LogP contribution >= 0.6 is 11.6 Å². The van der Waals surface area contributed by atoms with Crippen molar-refractivity contribution in [3.8, 4) is 11.3 Å². The van der Waals surface area contributed by atoms with E-state index in [4.69, 9.17) is 16.0 Å². The third kappa shape index (κ3) is 7.02. The monoisotopic (exact) mass is 487 g/mol. The molecule has 174 valence electrons. The van der Waals surface area contributed by atoms with Crippen molar-refractivity contribution in [2.45, 2.75) is 38.1 Å². The first kappa shape index (κ1) is 24.7. The predicted octanol–water partition coefficient (Wildman–Crippen LogP) is 4.75. The molecule has 0 saturated carbocycles. The molecule has 0 unspecified atom stereocenters. The zero-order valence-corrected chi connectivity index (χ0v) is 20.2. The number of hydrogen-bond donors (Lipinski definition) is 2. The fourth-order valence-corrected chi connectivity index (χ4v) is 4.42. The van der Waals surface area contributed by atoms with E-state index in [1.807, 2.05) is 32.9 Å². The lowest BCUT2D eigenvalue weighted by Gasteiger charge is -2.19. The number of amides is 1. The van der Waals surface area contributed by atoms with Crippen LogP contribution in [0.15, 0.2) is 75.1 Å². The van der Waals surface area contributed by atoms with E-state index in [1.165, 1.54) is 18.3 Å². The Bertz CT molecular complexity index is 1220. The van der Waals surface area contributed by atoms with Gasteiger partial charge >= 0.3 is 0 Å². The van der Waals surface area contributed by atoms with Gasteiger partial charge in [-0.1, -0.05) is 43.1 Å². The molecule has 1 atom stereocenters. The number of carbonyl (C=O) groups is 1. The van der Waals surface area contributed by atoms with E-state index < -0.39 is 22.0 Å². The highest BCUT2D eigenvalue weighted by Crippen LogP contribution is 2.23. The van der Waals surface area contributed by atoms with Gasteiger partial charge in [-0.3, -0.25) is 4.79 Å². The summed E-state index contributed by atoms with van der Waals surface area (Å²) in [6.07, 6.45) is 1.67. The Hall–Kier alpha value is -2.94. The Morgan fingerprint density at radius 1 is 1.06 bits per heavy atom. The molecule has 33 heavy (non-hydrogen) atoms. The average molecular weight is 488 g/mol. The topological polar surface area (TPSA) is 101 Å². The Kier molecular flexibility index (Phi) is 8.07. The van der Waals surface area contributed by atoms with E-state index in [1.54, 1.807) is 36.4 Å². The largest absolute Gasteiger partial charge is 0.455 e. The van der Waals surface area contributed by atoms with Crippen molar-refractivity contribution < 1.29 is 17.6 Å². The fourth-order valence-electron chi connectivity index (χ4n) is 3.08. The zero-order valence-electron chi connectivity index (χ0n) is 18.6. The molecule has 1 aromatic heterocycles. The minimum Gasteiger partial charge on any atom is -0.455 e. The second-order valence-corrected chi connectivity index (χ2v) is 10.2. The summed E-state index contributed by atoms with van der Waals surface area (Å²) in [5, 5.41) is 4.56. The number of hydrogen-bond acceptors (Lipinski definition) is 5. The van der Waals surface area contributed by atoms with E-state index in [2.05, 4.69) is 15.2 Å². The Morgan fingerprint density at radius 2 is 1.73 bits per heavy atom. The molecule has 1 heterocycles. The van der Waals surface area contributed by atoms with Crippen LogP contribution < -0.4 is 10.1 Å². The maximum absolute atomic E-state index is 12.7. The van der Waals surface area contributed by atoms with Crippen LogP contribution in [-0.4, -0.2) is 26.6 Å². The lowest BCUT2D eigenvalue weighted by Crippen LogP contribution is -2.46. The Labute approximate surface area is 198 Å². The van der Waals surface area contributed by atoms with Crippen LogP contribution in [0, 0.1) is 12.8 Å². The highest BCUT2D eigenvalue weighted by atomic mass is 35.5. The molecular formula is C24H26ClN3O4S. The van der Waals surface area contributed by atoms with E-state index in [9.17, 15) is 13.2 Å². The van der Waals surface area contributed by atoms with Gasteiger partial charge in [-0.15, -0.1) is 0 Å². The molecule has 9 heteroatoms. The highest BCUT2D eigenvalue weighted by molar-refractivity contribution is 7.89. The smallest absolute Gasteiger partial charge is 0.258 e. The van der Waals surface area contributed by atoms with Crippen LogP contribution in [0.2, 0.25) is 5.02 Å². The number of benzene rings is 2. The molecule has 0 aliphatic carbocycles. The van der Waals surface area contributed by atoms with Gasteiger partial charge in [0.05, 0.1) is 11.1 Å². The van der Waals surface area contributed by atoms with E-state index >= 15 is 0 Å². The van der Waals surface area contributed by atoms with E-state index in [0.717, 1.165) is 11.1 Å². The highest BCUT2D eigenvalue weighted by Gasteiger charge is 2.26. The van der Waals surface area contributed by atoms with Gasteiger partial charge in [0.15, 0.2) is 0 Å². The standard InChI is InChI=1S/C24H26ClN3O4S/c1-16(2)14-22(28-33(30,31)21-11-4-17(3)5-12-21)24(29)27-26-15-20-10-13-23(32-20)18-6-8-19(25)9-7-18/h4-13,15-16,22,28H,14H2,1-3H3,(H,27,29)/b26-15-/t22-/m1/s1. The van der Waals surface area contributed by atoms with Gasteiger partial charge in [0.1, 0.15) is 17.6 Å². The molecule has 2 N–H and O–H groups in total. The van der Waals surface area contributed by atoms with Crippen LogP contribution in [0.5, 0.6) is 0 Å². The predicted molar refractivity (Wildman–Crippen MR) is 130 cm³/mol. The van der Waals surface area contributed by atoms with Crippen molar-refractivity contribution in [2.24, 2.45) is 11.0 Å². The summed E-state index contributed by atoms with van der Waals surface area (Å²) < 4.78 is 33.7. The van der Waals surface area contributed by atoms with E-state index in [0.29, 0.717) is 23.0 Å². The van der Waals surface area contributed by atoms with Crippen LogP contribution in [0.4, 0.5) is 0 Å². The molecule has 3 rings (SSSR count). The van der Waals surface area contributed by atoms with Crippen molar-refractivity contribution in [2.75, 3.05) is 0 Å². The number of nitrogens with zero attached hydrogens (tertiary/aromatic N) is 1. The number of nitrogens with one attached hydrogen (secondary N) is 2. The Balaban J connectivity index is 1.67. The lowest BCUT2D eigenvalue weighted by atomic mass is 10.0. The summed E-state index contributed by atoms with van der Waals surface area (Å²) >= 11 is 5.91. The van der Waals surface area contributed by atoms with Crippen LogP contribution in [0.1, 0.15) is 31.6 Å². The molecule has 0 fully saturated rings. The number of sulfonamides is 1. The van der Waals surface area contributed by atoms with E-state index in [-0.39, 0.29) is 10.8 Å². The van der Waals surface area contributed by atoms with Crippen molar-refractivity contribution in [1.82, 2.24) is 10.1 Å². The van der Waals surface area contributed by atoms with Gasteiger partial charge in [-0.25, -0.2) is 13.8 Å².